The van der Waals surface area contributed by atoms with Crippen LogP contribution < -0.4 is 0 Å². The van der Waals surface area contributed by atoms with Crippen molar-refractivity contribution in [2.75, 3.05) is 0 Å². The SMILES string of the molecule is C1=Cc2c(-c3c4ccccc4nc4c3ccc3cccnc34)ccc3c2C2C1=CC=C(c1c4ccccc4nc4c1ccc1cccnc14)C2C=C3. The second kappa shape index (κ2) is 10.4. The molecule has 3 aliphatic rings. The van der Waals surface area contributed by atoms with E-state index < -0.39 is 0 Å². The van der Waals surface area contributed by atoms with Gasteiger partial charge in [-0.2, -0.15) is 0 Å². The van der Waals surface area contributed by atoms with Gasteiger partial charge in [-0.1, -0.05) is 121 Å². The number of hydrogen-bond donors (Lipinski definition) is 0. The van der Waals surface area contributed by atoms with Crippen molar-refractivity contribution >= 4 is 83.1 Å². The maximum atomic E-state index is 5.21. The number of fused-ring (bicyclic) bond motifs is 8. The fraction of sp³-hybridized carbons (Fsp3) is 0.0417. The smallest absolute Gasteiger partial charge is 0.0978 e. The third kappa shape index (κ3) is 3.76. The number of nitrogens with zero attached hydrogens (tertiary/aromatic N) is 4. The van der Waals surface area contributed by atoms with Crippen molar-refractivity contribution in [3.8, 4) is 11.1 Å². The summed E-state index contributed by atoms with van der Waals surface area (Å²) in [6.07, 6.45) is 17.9. The summed E-state index contributed by atoms with van der Waals surface area (Å²) >= 11 is 0. The Kier molecular flexibility index (Phi) is 5.58. The highest BCUT2D eigenvalue weighted by molar-refractivity contribution is 6.17. The number of para-hydroxylation sites is 2. The van der Waals surface area contributed by atoms with Crippen molar-refractivity contribution in [3.05, 3.63) is 174 Å². The average molecular weight is 661 g/mol. The molecule has 0 amide bonds. The van der Waals surface area contributed by atoms with Gasteiger partial charge in [0.15, 0.2) is 0 Å². The first kappa shape index (κ1) is 28.0. The number of hydrogen-bond acceptors (Lipinski definition) is 4. The normalized spacial score (nSPS) is 17.3. The third-order valence-electron chi connectivity index (χ3n) is 11.5. The van der Waals surface area contributed by atoms with Gasteiger partial charge in [0, 0.05) is 62.1 Å². The van der Waals surface area contributed by atoms with E-state index in [2.05, 4.69) is 134 Å². The maximum Gasteiger partial charge on any atom is 0.0978 e. The minimum Gasteiger partial charge on any atom is -0.254 e. The van der Waals surface area contributed by atoms with Crippen molar-refractivity contribution in [2.24, 2.45) is 5.92 Å². The molecular formula is C48H28N4. The minimum absolute atomic E-state index is 0.152. The summed E-state index contributed by atoms with van der Waals surface area (Å²) in [5, 5.41) is 6.79. The van der Waals surface area contributed by atoms with E-state index in [4.69, 9.17) is 19.9 Å². The van der Waals surface area contributed by atoms with Crippen LogP contribution in [-0.4, -0.2) is 19.9 Å². The average Bonchev–Trinajstić information content (AvgIpc) is 3.21. The van der Waals surface area contributed by atoms with Gasteiger partial charge < -0.3 is 0 Å². The Bertz CT molecular complexity index is 3200. The van der Waals surface area contributed by atoms with Gasteiger partial charge in [-0.3, -0.25) is 9.97 Å². The van der Waals surface area contributed by atoms with Crippen LogP contribution in [0.5, 0.6) is 0 Å². The van der Waals surface area contributed by atoms with E-state index in [-0.39, 0.29) is 11.8 Å². The fourth-order valence-electron chi connectivity index (χ4n) is 9.27. The molecule has 4 heteroatoms. The summed E-state index contributed by atoms with van der Waals surface area (Å²) in [6.45, 7) is 0. The molecule has 4 nitrogen and oxygen atoms in total. The van der Waals surface area contributed by atoms with Crippen LogP contribution in [0.25, 0.3) is 94.3 Å². The molecule has 12 rings (SSSR count). The Morgan fingerprint density at radius 1 is 0.481 bits per heavy atom. The van der Waals surface area contributed by atoms with Crippen LogP contribution in [0.3, 0.4) is 0 Å². The first-order valence-electron chi connectivity index (χ1n) is 17.9. The van der Waals surface area contributed by atoms with Gasteiger partial charge in [0.25, 0.3) is 0 Å². The van der Waals surface area contributed by atoms with Gasteiger partial charge in [-0.25, -0.2) is 9.97 Å². The Morgan fingerprint density at radius 3 is 1.85 bits per heavy atom. The number of pyridine rings is 4. The van der Waals surface area contributed by atoms with Gasteiger partial charge in [0.2, 0.25) is 0 Å². The molecule has 4 heterocycles. The first-order chi connectivity index (χ1) is 25.8. The summed E-state index contributed by atoms with van der Waals surface area (Å²) in [4.78, 5) is 20.1. The van der Waals surface area contributed by atoms with E-state index in [0.717, 1.165) is 60.0 Å². The van der Waals surface area contributed by atoms with E-state index in [1.165, 1.54) is 49.9 Å². The van der Waals surface area contributed by atoms with E-state index in [1.54, 1.807) is 0 Å². The van der Waals surface area contributed by atoms with Crippen LogP contribution >= 0.6 is 0 Å². The molecule has 3 aliphatic carbocycles. The highest BCUT2D eigenvalue weighted by Gasteiger charge is 2.38. The number of allylic oxidation sites excluding steroid dienone is 6. The molecule has 2 atom stereocenters. The van der Waals surface area contributed by atoms with Gasteiger partial charge >= 0.3 is 0 Å². The highest BCUT2D eigenvalue weighted by Crippen LogP contribution is 2.55. The lowest BCUT2D eigenvalue weighted by molar-refractivity contribution is 0.682. The molecule has 0 N–H and O–H groups in total. The highest BCUT2D eigenvalue weighted by atomic mass is 14.8. The van der Waals surface area contributed by atoms with Crippen LogP contribution in [0.1, 0.15) is 28.2 Å². The molecule has 9 aromatic rings. The topological polar surface area (TPSA) is 51.6 Å². The summed E-state index contributed by atoms with van der Waals surface area (Å²) < 4.78 is 0. The molecule has 52 heavy (non-hydrogen) atoms. The summed E-state index contributed by atoms with van der Waals surface area (Å²) in [5.41, 5.74) is 16.1. The van der Waals surface area contributed by atoms with E-state index >= 15 is 0 Å². The molecule has 0 radical (unpaired) electrons. The van der Waals surface area contributed by atoms with E-state index in [0.29, 0.717) is 0 Å². The molecule has 240 valence electrons. The summed E-state index contributed by atoms with van der Waals surface area (Å²) in [6, 6.07) is 38.8. The van der Waals surface area contributed by atoms with E-state index in [1.807, 2.05) is 24.5 Å². The monoisotopic (exact) mass is 660 g/mol. The molecular weight excluding hydrogens is 633 g/mol. The minimum atomic E-state index is 0.152. The predicted molar refractivity (Wildman–Crippen MR) is 215 cm³/mol. The zero-order valence-corrected chi connectivity index (χ0v) is 28.0. The molecule has 4 aromatic heterocycles. The molecule has 5 aromatic carbocycles. The van der Waals surface area contributed by atoms with Crippen molar-refractivity contribution in [1.29, 1.82) is 0 Å². The van der Waals surface area contributed by atoms with Crippen molar-refractivity contribution in [3.63, 3.8) is 0 Å². The maximum absolute atomic E-state index is 5.21. The Morgan fingerprint density at radius 2 is 1.13 bits per heavy atom. The second-order valence-electron chi connectivity index (χ2n) is 14.1. The molecule has 0 bridgehead atoms. The zero-order valence-electron chi connectivity index (χ0n) is 28.0. The summed E-state index contributed by atoms with van der Waals surface area (Å²) in [5.74, 6) is 0.335. The van der Waals surface area contributed by atoms with Crippen molar-refractivity contribution in [2.45, 2.75) is 5.92 Å². The van der Waals surface area contributed by atoms with Crippen LogP contribution in [0.4, 0.5) is 0 Å². The number of aromatic nitrogens is 4. The van der Waals surface area contributed by atoms with Gasteiger partial charge in [-0.05, 0) is 63.2 Å². The van der Waals surface area contributed by atoms with Crippen molar-refractivity contribution in [1.82, 2.24) is 19.9 Å². The fourth-order valence-corrected chi connectivity index (χ4v) is 9.27. The van der Waals surface area contributed by atoms with Gasteiger partial charge in [-0.15, -0.1) is 0 Å². The lowest BCUT2D eigenvalue weighted by Crippen LogP contribution is -2.24. The van der Waals surface area contributed by atoms with Gasteiger partial charge in [0.1, 0.15) is 0 Å². The molecule has 0 fully saturated rings. The van der Waals surface area contributed by atoms with Crippen LogP contribution in [0.15, 0.2) is 151 Å². The molecule has 0 saturated heterocycles. The zero-order chi connectivity index (χ0) is 33.9. The van der Waals surface area contributed by atoms with Crippen LogP contribution in [-0.2, 0) is 0 Å². The second-order valence-corrected chi connectivity index (χ2v) is 14.1. The van der Waals surface area contributed by atoms with Gasteiger partial charge in [0.05, 0.1) is 33.1 Å². The molecule has 2 unspecified atom stereocenters. The molecule has 0 spiro atoms. The van der Waals surface area contributed by atoms with Crippen LogP contribution in [0, 0.1) is 5.92 Å². The van der Waals surface area contributed by atoms with E-state index in [9.17, 15) is 0 Å². The van der Waals surface area contributed by atoms with Crippen molar-refractivity contribution < 1.29 is 0 Å². The largest absolute Gasteiger partial charge is 0.254 e. The lowest BCUT2D eigenvalue weighted by Gasteiger charge is -2.39. The Balaban J connectivity index is 1.11. The Hall–Kier alpha value is -6.78. The lowest BCUT2D eigenvalue weighted by atomic mass is 9.64. The predicted octanol–water partition coefficient (Wildman–Crippen LogP) is 11.6. The number of rotatable bonds is 2. The standard InChI is InChI=1S/C48H28N4/c1-3-11-39-35(9-1)43(37-23-17-29-7-5-25-49-45(29)47(37)51-39)33-21-15-27-14-20-32-34(22-16-28-13-19-31(33)41(27)42(28)32)44-36-10-2-4-12-40(36)52-48-38(44)24-18-30-8-6-26-50-46(30)48/h1-26,31,41H. The summed E-state index contributed by atoms with van der Waals surface area (Å²) in [7, 11) is 0. The third-order valence-corrected chi connectivity index (χ3v) is 11.5. The Labute approximate surface area is 298 Å². The molecule has 0 aliphatic heterocycles. The number of benzene rings is 5. The quantitative estimate of drug-likeness (QED) is 0.137. The molecule has 0 saturated carbocycles. The first-order valence-corrected chi connectivity index (χ1v) is 17.9. The van der Waals surface area contributed by atoms with Crippen LogP contribution in [0.2, 0.25) is 0 Å².